The fourth-order valence-corrected chi connectivity index (χ4v) is 1.65. The average Bonchev–Trinajstić information content (AvgIpc) is 2.49. The lowest BCUT2D eigenvalue weighted by atomic mass is 10.2. The first-order valence-corrected chi connectivity index (χ1v) is 6.15. The molecule has 108 valence electrons. The van der Waals surface area contributed by atoms with Crippen molar-refractivity contribution < 1.29 is 19.2 Å². The second-order valence-corrected chi connectivity index (χ2v) is 3.94. The van der Waals surface area contributed by atoms with Gasteiger partial charge in [-0.25, -0.2) is 4.98 Å². The number of nitro groups is 1. The lowest BCUT2D eigenvalue weighted by Gasteiger charge is -2.11. The standard InChI is InChI=1S/C14H12N2O5/c1-2-20-13-8-10(9-17)5-6-12(13)21-14-11(16(18)19)4-3-7-15-14/h3-9H,2H2,1H3. The summed E-state index contributed by atoms with van der Waals surface area (Å²) in [6.07, 6.45) is 2.07. The molecule has 0 atom stereocenters. The van der Waals surface area contributed by atoms with Gasteiger partial charge in [-0.2, -0.15) is 0 Å². The molecule has 7 heteroatoms. The number of carbonyl (C=O) groups excluding carboxylic acids is 1. The highest BCUT2D eigenvalue weighted by molar-refractivity contribution is 5.76. The molecule has 0 aliphatic rings. The van der Waals surface area contributed by atoms with Crippen molar-refractivity contribution in [2.75, 3.05) is 6.61 Å². The van der Waals surface area contributed by atoms with Crippen LogP contribution >= 0.6 is 0 Å². The Morgan fingerprint density at radius 2 is 2.14 bits per heavy atom. The Kier molecular flexibility index (Phi) is 4.45. The highest BCUT2D eigenvalue weighted by Gasteiger charge is 2.18. The zero-order chi connectivity index (χ0) is 15.2. The molecule has 0 radical (unpaired) electrons. The van der Waals surface area contributed by atoms with E-state index >= 15 is 0 Å². The summed E-state index contributed by atoms with van der Waals surface area (Å²) in [5.74, 6) is 0.439. The lowest BCUT2D eigenvalue weighted by molar-refractivity contribution is -0.386. The van der Waals surface area contributed by atoms with Crippen molar-refractivity contribution in [3.8, 4) is 17.4 Å². The van der Waals surface area contributed by atoms with Gasteiger partial charge in [0.25, 0.3) is 5.88 Å². The van der Waals surface area contributed by atoms with Crippen LogP contribution in [-0.4, -0.2) is 22.8 Å². The predicted octanol–water partition coefficient (Wildman–Crippen LogP) is 2.99. The Balaban J connectivity index is 2.39. The number of aldehydes is 1. The molecule has 2 aromatic rings. The van der Waals surface area contributed by atoms with Crippen LogP contribution in [0.15, 0.2) is 36.5 Å². The molecule has 0 unspecified atom stereocenters. The zero-order valence-corrected chi connectivity index (χ0v) is 11.2. The van der Waals surface area contributed by atoms with Crippen LogP contribution in [0.25, 0.3) is 0 Å². The number of ether oxygens (including phenoxy) is 2. The number of benzene rings is 1. The van der Waals surface area contributed by atoms with E-state index < -0.39 is 4.92 Å². The molecule has 7 nitrogen and oxygen atoms in total. The van der Waals surface area contributed by atoms with Gasteiger partial charge in [0.15, 0.2) is 11.5 Å². The maximum atomic E-state index is 10.9. The van der Waals surface area contributed by atoms with Crippen LogP contribution in [0.4, 0.5) is 5.69 Å². The van der Waals surface area contributed by atoms with Crippen LogP contribution in [0.2, 0.25) is 0 Å². The molecule has 0 spiro atoms. The van der Waals surface area contributed by atoms with Gasteiger partial charge in [0.1, 0.15) is 6.29 Å². The summed E-state index contributed by atoms with van der Waals surface area (Å²) in [5, 5.41) is 10.9. The average molecular weight is 288 g/mol. The molecular weight excluding hydrogens is 276 g/mol. The second kappa shape index (κ2) is 6.47. The van der Waals surface area contributed by atoms with E-state index in [2.05, 4.69) is 4.98 Å². The number of aromatic nitrogens is 1. The number of nitrogens with zero attached hydrogens (tertiary/aromatic N) is 2. The van der Waals surface area contributed by atoms with Crippen molar-refractivity contribution >= 4 is 12.0 Å². The predicted molar refractivity (Wildman–Crippen MR) is 74.0 cm³/mol. The fraction of sp³-hybridized carbons (Fsp3) is 0.143. The first kappa shape index (κ1) is 14.4. The molecule has 0 saturated heterocycles. The van der Waals surface area contributed by atoms with Crippen molar-refractivity contribution in [2.24, 2.45) is 0 Å². The van der Waals surface area contributed by atoms with Gasteiger partial charge in [-0.05, 0) is 31.2 Å². The smallest absolute Gasteiger partial charge is 0.331 e. The van der Waals surface area contributed by atoms with Gasteiger partial charge in [-0.1, -0.05) is 0 Å². The number of rotatable bonds is 6. The molecule has 1 aromatic heterocycles. The van der Waals surface area contributed by atoms with Crippen LogP contribution in [0.1, 0.15) is 17.3 Å². The van der Waals surface area contributed by atoms with Crippen molar-refractivity contribution in [1.29, 1.82) is 0 Å². The van der Waals surface area contributed by atoms with Gasteiger partial charge in [0.05, 0.1) is 11.5 Å². The van der Waals surface area contributed by atoms with E-state index in [0.29, 0.717) is 24.2 Å². The SMILES string of the molecule is CCOc1cc(C=O)ccc1Oc1ncccc1[N+](=O)[O-]. The summed E-state index contributed by atoms with van der Waals surface area (Å²) in [6, 6.07) is 7.28. The van der Waals surface area contributed by atoms with Crippen LogP contribution in [0.5, 0.6) is 17.4 Å². The van der Waals surface area contributed by atoms with Gasteiger partial charge in [0, 0.05) is 17.8 Å². The third kappa shape index (κ3) is 3.33. The van der Waals surface area contributed by atoms with E-state index in [0.717, 1.165) is 0 Å². The monoisotopic (exact) mass is 288 g/mol. The highest BCUT2D eigenvalue weighted by Crippen LogP contribution is 2.35. The molecule has 0 bridgehead atoms. The Morgan fingerprint density at radius 3 is 2.81 bits per heavy atom. The van der Waals surface area contributed by atoms with Gasteiger partial charge in [-0.15, -0.1) is 0 Å². The van der Waals surface area contributed by atoms with Gasteiger partial charge in [0.2, 0.25) is 0 Å². The Labute approximate surface area is 120 Å². The van der Waals surface area contributed by atoms with Crippen LogP contribution in [0, 0.1) is 10.1 Å². The van der Waals surface area contributed by atoms with Crippen LogP contribution < -0.4 is 9.47 Å². The molecular formula is C14H12N2O5. The Morgan fingerprint density at radius 1 is 1.33 bits per heavy atom. The second-order valence-electron chi connectivity index (χ2n) is 3.94. The van der Waals surface area contributed by atoms with E-state index in [-0.39, 0.29) is 17.3 Å². The molecule has 0 fully saturated rings. The largest absolute Gasteiger partial charge is 0.490 e. The molecule has 21 heavy (non-hydrogen) atoms. The molecule has 2 rings (SSSR count). The minimum Gasteiger partial charge on any atom is -0.490 e. The van der Waals surface area contributed by atoms with E-state index in [9.17, 15) is 14.9 Å². The van der Waals surface area contributed by atoms with E-state index in [1.54, 1.807) is 6.92 Å². The minimum absolute atomic E-state index is 0.137. The van der Waals surface area contributed by atoms with Crippen LogP contribution in [0.3, 0.4) is 0 Å². The lowest BCUT2D eigenvalue weighted by Crippen LogP contribution is -1.99. The van der Waals surface area contributed by atoms with E-state index in [1.807, 2.05) is 0 Å². The maximum absolute atomic E-state index is 10.9. The van der Waals surface area contributed by atoms with Crippen molar-refractivity contribution in [2.45, 2.75) is 6.92 Å². The number of pyridine rings is 1. The fourth-order valence-electron chi connectivity index (χ4n) is 1.65. The number of hydrogen-bond acceptors (Lipinski definition) is 6. The topological polar surface area (TPSA) is 91.6 Å². The number of carbonyl (C=O) groups is 1. The molecule has 0 saturated carbocycles. The third-order valence-electron chi connectivity index (χ3n) is 2.56. The quantitative estimate of drug-likeness (QED) is 0.461. The van der Waals surface area contributed by atoms with Crippen molar-refractivity contribution in [1.82, 2.24) is 4.98 Å². The number of hydrogen-bond donors (Lipinski definition) is 0. The summed E-state index contributed by atoms with van der Waals surface area (Å²) < 4.78 is 10.8. The van der Waals surface area contributed by atoms with Crippen molar-refractivity contribution in [3.05, 3.63) is 52.2 Å². The Bertz CT molecular complexity index is 672. The Hall–Kier alpha value is -2.96. The molecule has 0 aliphatic carbocycles. The third-order valence-corrected chi connectivity index (χ3v) is 2.56. The minimum atomic E-state index is -0.581. The molecule has 0 N–H and O–H groups in total. The molecule has 1 aromatic carbocycles. The first-order chi connectivity index (χ1) is 10.2. The summed E-state index contributed by atoms with van der Waals surface area (Å²) in [5.41, 5.74) is 0.167. The van der Waals surface area contributed by atoms with Crippen LogP contribution in [-0.2, 0) is 0 Å². The molecule has 1 heterocycles. The van der Waals surface area contributed by atoms with Gasteiger partial charge in [-0.3, -0.25) is 14.9 Å². The van der Waals surface area contributed by atoms with E-state index in [1.165, 1.54) is 36.5 Å². The van der Waals surface area contributed by atoms with Gasteiger partial charge < -0.3 is 9.47 Å². The maximum Gasteiger partial charge on any atom is 0.331 e. The summed E-state index contributed by atoms with van der Waals surface area (Å²) >= 11 is 0. The van der Waals surface area contributed by atoms with E-state index in [4.69, 9.17) is 9.47 Å². The highest BCUT2D eigenvalue weighted by atomic mass is 16.6. The van der Waals surface area contributed by atoms with Crippen molar-refractivity contribution in [3.63, 3.8) is 0 Å². The zero-order valence-electron chi connectivity index (χ0n) is 11.2. The molecule has 0 aliphatic heterocycles. The first-order valence-electron chi connectivity index (χ1n) is 6.15. The summed E-state index contributed by atoms with van der Waals surface area (Å²) in [6.45, 7) is 2.14. The van der Waals surface area contributed by atoms with Gasteiger partial charge >= 0.3 is 5.69 Å². The normalized spacial score (nSPS) is 9.95. The molecule has 0 amide bonds. The summed E-state index contributed by atoms with van der Waals surface area (Å²) in [4.78, 5) is 25.0. The summed E-state index contributed by atoms with van der Waals surface area (Å²) in [7, 11) is 0.